The second-order valence-electron chi connectivity index (χ2n) is 3.33. The van der Waals surface area contributed by atoms with Crippen molar-refractivity contribution in [1.82, 2.24) is 0 Å². The van der Waals surface area contributed by atoms with Gasteiger partial charge in [-0.15, -0.1) is 0 Å². The maximum absolute atomic E-state index is 11.4. The Hall–Kier alpha value is -1.22. The molecular weight excluding hydrogens is 228 g/mol. The molecule has 0 bridgehead atoms. The van der Waals surface area contributed by atoms with E-state index in [1.165, 1.54) is 7.11 Å². The second kappa shape index (κ2) is 6.38. The summed E-state index contributed by atoms with van der Waals surface area (Å²) in [5.74, 6) is 0.0657. The summed E-state index contributed by atoms with van der Waals surface area (Å²) in [5.41, 5.74) is 0.406. The van der Waals surface area contributed by atoms with Crippen LogP contribution in [0.25, 0.3) is 0 Å². The number of carbonyl (C=O) groups excluding carboxylic acids is 1. The van der Waals surface area contributed by atoms with Crippen molar-refractivity contribution in [3.63, 3.8) is 0 Å². The van der Waals surface area contributed by atoms with Gasteiger partial charge in [-0.3, -0.25) is 0 Å². The minimum atomic E-state index is -0.414. The molecule has 0 radical (unpaired) electrons. The molecule has 16 heavy (non-hydrogen) atoms. The van der Waals surface area contributed by atoms with Crippen molar-refractivity contribution in [2.75, 3.05) is 13.7 Å². The number of rotatable bonds is 5. The fourth-order valence-electron chi connectivity index (χ4n) is 1.22. The predicted octanol–water partition coefficient (Wildman–Crippen LogP) is 3.31. The Kier molecular flexibility index (Phi) is 5.12. The first-order valence-electron chi connectivity index (χ1n) is 5.19. The van der Waals surface area contributed by atoms with Gasteiger partial charge in [-0.2, -0.15) is 0 Å². The first-order valence-corrected chi connectivity index (χ1v) is 5.57. The maximum atomic E-state index is 11.4. The largest absolute Gasteiger partial charge is 0.493 e. The molecule has 0 spiro atoms. The van der Waals surface area contributed by atoms with Crippen LogP contribution in [0.5, 0.6) is 5.75 Å². The van der Waals surface area contributed by atoms with Crippen molar-refractivity contribution in [2.24, 2.45) is 0 Å². The van der Waals surface area contributed by atoms with Crippen molar-refractivity contribution in [1.29, 1.82) is 0 Å². The van der Waals surface area contributed by atoms with Crippen molar-refractivity contribution in [2.45, 2.75) is 19.8 Å². The molecule has 0 unspecified atom stereocenters. The number of esters is 1. The van der Waals surface area contributed by atoms with Gasteiger partial charge in [0.15, 0.2) is 0 Å². The van der Waals surface area contributed by atoms with E-state index in [2.05, 4.69) is 11.7 Å². The molecule has 3 nitrogen and oxygen atoms in total. The fourth-order valence-corrected chi connectivity index (χ4v) is 1.38. The van der Waals surface area contributed by atoms with Crippen LogP contribution in [0.1, 0.15) is 30.1 Å². The van der Waals surface area contributed by atoms with Crippen LogP contribution in [0.3, 0.4) is 0 Å². The molecule has 0 atom stereocenters. The molecule has 0 saturated carbocycles. The lowest BCUT2D eigenvalue weighted by atomic mass is 10.2. The van der Waals surface area contributed by atoms with Gasteiger partial charge in [0.1, 0.15) is 11.3 Å². The highest BCUT2D eigenvalue weighted by Gasteiger charge is 2.13. The molecule has 0 heterocycles. The fraction of sp³-hybridized carbons (Fsp3) is 0.417. The summed E-state index contributed by atoms with van der Waals surface area (Å²) in [6.45, 7) is 2.64. The van der Waals surface area contributed by atoms with Gasteiger partial charge >= 0.3 is 5.97 Å². The number of hydrogen-bond donors (Lipinski definition) is 0. The van der Waals surface area contributed by atoms with Crippen LogP contribution in [0.15, 0.2) is 18.2 Å². The Labute approximate surface area is 100 Å². The summed E-state index contributed by atoms with van der Waals surface area (Å²) in [4.78, 5) is 11.4. The topological polar surface area (TPSA) is 35.5 Å². The SMILES string of the molecule is CCCCOc1cc(Cl)ccc1C(=O)OC. The van der Waals surface area contributed by atoms with Gasteiger partial charge in [0.05, 0.1) is 13.7 Å². The van der Waals surface area contributed by atoms with Crippen molar-refractivity contribution >= 4 is 17.6 Å². The molecular formula is C12H15ClO3. The molecule has 88 valence electrons. The molecule has 4 heteroatoms. The normalized spacial score (nSPS) is 9.94. The molecule has 0 saturated heterocycles. The van der Waals surface area contributed by atoms with Gasteiger partial charge < -0.3 is 9.47 Å². The minimum Gasteiger partial charge on any atom is -0.493 e. The van der Waals surface area contributed by atoms with Gasteiger partial charge in [0.25, 0.3) is 0 Å². The molecule has 0 aliphatic heterocycles. The molecule has 0 fully saturated rings. The van der Waals surface area contributed by atoms with Crippen LogP contribution in [-0.4, -0.2) is 19.7 Å². The van der Waals surface area contributed by atoms with E-state index in [1.807, 2.05) is 0 Å². The van der Waals surface area contributed by atoms with Gasteiger partial charge in [0, 0.05) is 5.02 Å². The zero-order valence-corrected chi connectivity index (χ0v) is 10.2. The van der Waals surface area contributed by atoms with E-state index in [4.69, 9.17) is 16.3 Å². The quantitative estimate of drug-likeness (QED) is 0.587. The standard InChI is InChI=1S/C12H15ClO3/c1-3-4-7-16-11-8-9(13)5-6-10(11)12(14)15-2/h5-6,8H,3-4,7H2,1-2H3. The van der Waals surface area contributed by atoms with Crippen LogP contribution >= 0.6 is 11.6 Å². The molecule has 0 N–H and O–H groups in total. The second-order valence-corrected chi connectivity index (χ2v) is 3.77. The van der Waals surface area contributed by atoms with Crippen LogP contribution in [0, 0.1) is 0 Å². The Morgan fingerprint density at radius 3 is 2.81 bits per heavy atom. The van der Waals surface area contributed by atoms with Gasteiger partial charge in [-0.25, -0.2) is 4.79 Å². The summed E-state index contributed by atoms with van der Waals surface area (Å²) in [6.07, 6.45) is 1.97. The minimum absolute atomic E-state index is 0.406. The number of benzene rings is 1. The van der Waals surface area contributed by atoms with E-state index in [1.54, 1.807) is 18.2 Å². The van der Waals surface area contributed by atoms with E-state index >= 15 is 0 Å². The summed E-state index contributed by atoms with van der Waals surface area (Å²) in [5, 5.41) is 0.541. The number of ether oxygens (including phenoxy) is 2. The first kappa shape index (κ1) is 12.8. The van der Waals surface area contributed by atoms with Crippen molar-refractivity contribution in [3.8, 4) is 5.75 Å². The zero-order chi connectivity index (χ0) is 12.0. The number of carbonyl (C=O) groups is 1. The summed E-state index contributed by atoms with van der Waals surface area (Å²) >= 11 is 5.85. The van der Waals surface area contributed by atoms with Gasteiger partial charge in [-0.05, 0) is 24.6 Å². The number of hydrogen-bond acceptors (Lipinski definition) is 3. The Bertz CT molecular complexity index is 363. The summed E-state index contributed by atoms with van der Waals surface area (Å²) < 4.78 is 10.2. The third-order valence-corrected chi connectivity index (χ3v) is 2.34. The lowest BCUT2D eigenvalue weighted by molar-refractivity contribution is 0.0596. The number of methoxy groups -OCH3 is 1. The highest BCUT2D eigenvalue weighted by atomic mass is 35.5. The predicted molar refractivity (Wildman–Crippen MR) is 63.2 cm³/mol. The van der Waals surface area contributed by atoms with E-state index in [0.717, 1.165) is 12.8 Å². The third-order valence-electron chi connectivity index (χ3n) is 2.10. The maximum Gasteiger partial charge on any atom is 0.341 e. The van der Waals surface area contributed by atoms with E-state index < -0.39 is 5.97 Å². The average molecular weight is 243 g/mol. The lowest BCUT2D eigenvalue weighted by Crippen LogP contribution is -2.06. The van der Waals surface area contributed by atoms with Crippen molar-refractivity contribution in [3.05, 3.63) is 28.8 Å². The van der Waals surface area contributed by atoms with Gasteiger partial charge in [0.2, 0.25) is 0 Å². The highest BCUT2D eigenvalue weighted by Crippen LogP contribution is 2.24. The molecule has 0 aliphatic rings. The summed E-state index contributed by atoms with van der Waals surface area (Å²) in [6, 6.07) is 4.87. The molecule has 1 rings (SSSR count). The first-order chi connectivity index (χ1) is 7.69. The van der Waals surface area contributed by atoms with Crippen molar-refractivity contribution < 1.29 is 14.3 Å². The number of halogens is 1. The molecule has 0 amide bonds. The third kappa shape index (κ3) is 3.42. The molecule has 0 aromatic heterocycles. The Morgan fingerprint density at radius 1 is 1.44 bits per heavy atom. The molecule has 0 aliphatic carbocycles. The van der Waals surface area contributed by atoms with Crippen LogP contribution in [-0.2, 0) is 4.74 Å². The Morgan fingerprint density at radius 2 is 2.19 bits per heavy atom. The highest BCUT2D eigenvalue weighted by molar-refractivity contribution is 6.30. The van der Waals surface area contributed by atoms with E-state index in [0.29, 0.717) is 22.9 Å². The van der Waals surface area contributed by atoms with Crippen LogP contribution in [0.4, 0.5) is 0 Å². The van der Waals surface area contributed by atoms with E-state index in [-0.39, 0.29) is 0 Å². The van der Waals surface area contributed by atoms with Crippen LogP contribution < -0.4 is 4.74 Å². The Balaban J connectivity index is 2.85. The molecule has 1 aromatic rings. The summed E-state index contributed by atoms with van der Waals surface area (Å²) in [7, 11) is 1.34. The molecule has 1 aromatic carbocycles. The smallest absolute Gasteiger partial charge is 0.341 e. The monoisotopic (exact) mass is 242 g/mol. The van der Waals surface area contributed by atoms with Gasteiger partial charge in [-0.1, -0.05) is 24.9 Å². The zero-order valence-electron chi connectivity index (χ0n) is 9.46. The average Bonchev–Trinajstić information content (AvgIpc) is 2.29. The van der Waals surface area contributed by atoms with E-state index in [9.17, 15) is 4.79 Å². The number of unbranched alkanes of at least 4 members (excludes halogenated alkanes) is 1. The van der Waals surface area contributed by atoms with Crippen LogP contribution in [0.2, 0.25) is 5.02 Å². The lowest BCUT2D eigenvalue weighted by Gasteiger charge is -2.10.